The van der Waals surface area contributed by atoms with Crippen molar-refractivity contribution in [1.29, 1.82) is 0 Å². The number of aliphatic hydroxyl groups excluding tert-OH is 1. The first-order valence-corrected chi connectivity index (χ1v) is 13.8. The molecule has 3 saturated carbocycles. The highest BCUT2D eigenvalue weighted by Gasteiger charge is 2.50. The van der Waals surface area contributed by atoms with Crippen LogP contribution < -0.4 is 0 Å². The first kappa shape index (κ1) is 27.6. The van der Waals surface area contributed by atoms with Crippen LogP contribution in [0.2, 0.25) is 0 Å². The lowest BCUT2D eigenvalue weighted by Gasteiger charge is -2.44. The molecule has 34 heavy (non-hydrogen) atoms. The normalized spacial score (nSPS) is 34.7. The van der Waals surface area contributed by atoms with E-state index in [1.165, 1.54) is 44.9 Å². The molecule has 3 N–H and O–H groups in total. The average molecular weight is 475 g/mol. The van der Waals surface area contributed by atoms with E-state index in [1.54, 1.807) is 5.57 Å². The van der Waals surface area contributed by atoms with Gasteiger partial charge in [0.2, 0.25) is 0 Å². The Hall–Kier alpha value is -0.940. The van der Waals surface area contributed by atoms with Crippen molar-refractivity contribution in [2.75, 3.05) is 13.2 Å². The Morgan fingerprint density at radius 2 is 1.88 bits per heavy atom. The Morgan fingerprint density at radius 1 is 1.12 bits per heavy atom. The molecule has 194 valence electrons. The fourth-order valence-corrected chi connectivity index (χ4v) is 7.17. The minimum Gasteiger partial charge on any atom is -0.396 e. The van der Waals surface area contributed by atoms with Crippen molar-refractivity contribution in [2.45, 2.75) is 110 Å². The number of ether oxygens (including phenoxy) is 1. The van der Waals surface area contributed by atoms with Gasteiger partial charge in [-0.1, -0.05) is 71.3 Å². The summed E-state index contributed by atoms with van der Waals surface area (Å²) in [4.78, 5) is 0. The molecule has 0 aromatic rings. The van der Waals surface area contributed by atoms with Crippen molar-refractivity contribution in [1.82, 2.24) is 0 Å². The van der Waals surface area contributed by atoms with Gasteiger partial charge in [0.1, 0.15) is 6.10 Å². The molecule has 0 radical (unpaired) electrons. The molecule has 3 aliphatic rings. The van der Waals surface area contributed by atoms with Gasteiger partial charge in [0, 0.05) is 26.1 Å². The Kier molecular flexibility index (Phi) is 9.65. The predicted octanol–water partition coefficient (Wildman–Crippen LogP) is 6.32. The van der Waals surface area contributed by atoms with Crippen molar-refractivity contribution in [3.8, 4) is 0 Å². The third kappa shape index (κ3) is 6.43. The molecule has 0 aromatic heterocycles. The number of allylic oxidation sites excluding steroid dienone is 3. The maximum Gasteiger partial charge on any atom is 0.194 e. The summed E-state index contributed by atoms with van der Waals surface area (Å²) in [5.41, 5.74) is 3.79. The predicted molar refractivity (Wildman–Crippen MR) is 139 cm³/mol. The first-order chi connectivity index (χ1) is 16.1. The maximum atomic E-state index is 10.6. The largest absolute Gasteiger partial charge is 0.396 e. The quantitative estimate of drug-likeness (QED) is 0.256. The van der Waals surface area contributed by atoms with E-state index < -0.39 is 11.9 Å². The molecule has 3 rings (SSSR count). The number of aliphatic hydroxyl groups is 3. The summed E-state index contributed by atoms with van der Waals surface area (Å²) in [7, 11) is 0. The van der Waals surface area contributed by atoms with E-state index in [0.29, 0.717) is 30.8 Å². The topological polar surface area (TPSA) is 69.9 Å². The molecule has 5 atom stereocenters. The highest BCUT2D eigenvalue weighted by molar-refractivity contribution is 5.38. The molecule has 0 bridgehead atoms. The monoisotopic (exact) mass is 474 g/mol. The van der Waals surface area contributed by atoms with Crippen molar-refractivity contribution in [2.24, 2.45) is 29.1 Å². The summed E-state index contributed by atoms with van der Waals surface area (Å²) in [5, 5.41) is 30.2. The molecular weight excluding hydrogens is 424 g/mol. The number of hydrogen-bond donors (Lipinski definition) is 3. The highest BCUT2D eigenvalue weighted by Crippen LogP contribution is 2.60. The van der Waals surface area contributed by atoms with E-state index >= 15 is 0 Å². The molecular formula is C30H50O4. The Morgan fingerprint density at radius 3 is 2.59 bits per heavy atom. The van der Waals surface area contributed by atoms with Gasteiger partial charge >= 0.3 is 0 Å². The Bertz CT molecular complexity index is 749. The van der Waals surface area contributed by atoms with Gasteiger partial charge in [-0.25, -0.2) is 0 Å². The molecule has 0 heterocycles. The molecule has 4 heteroatoms. The fourth-order valence-electron chi connectivity index (χ4n) is 7.17. The van der Waals surface area contributed by atoms with E-state index in [4.69, 9.17) is 9.84 Å². The van der Waals surface area contributed by atoms with Crippen LogP contribution in [0.15, 0.2) is 35.5 Å². The molecule has 0 spiro atoms. The van der Waals surface area contributed by atoms with Gasteiger partial charge in [-0.2, -0.15) is 0 Å². The van der Waals surface area contributed by atoms with E-state index in [0.717, 1.165) is 35.3 Å². The molecule has 0 amide bonds. The molecule has 3 aliphatic carbocycles. The van der Waals surface area contributed by atoms with Gasteiger partial charge in [0.05, 0.1) is 0 Å². The van der Waals surface area contributed by atoms with E-state index in [-0.39, 0.29) is 13.0 Å². The van der Waals surface area contributed by atoms with Crippen molar-refractivity contribution in [3.05, 3.63) is 35.5 Å². The zero-order valence-electron chi connectivity index (χ0n) is 22.2. The number of hydrogen-bond acceptors (Lipinski definition) is 4. The first-order valence-electron chi connectivity index (χ1n) is 13.8. The minimum absolute atomic E-state index is 0.0356. The second-order valence-electron chi connectivity index (χ2n) is 12.1. The smallest absolute Gasteiger partial charge is 0.194 e. The summed E-state index contributed by atoms with van der Waals surface area (Å²) in [6.45, 7) is 14.3. The summed E-state index contributed by atoms with van der Waals surface area (Å²) < 4.78 is 5.63. The summed E-state index contributed by atoms with van der Waals surface area (Å²) in [6, 6.07) is 0. The van der Waals surface area contributed by atoms with Crippen LogP contribution in [0.5, 0.6) is 0 Å². The highest BCUT2D eigenvalue weighted by atomic mass is 16.6. The van der Waals surface area contributed by atoms with Gasteiger partial charge in [0.15, 0.2) is 5.79 Å². The van der Waals surface area contributed by atoms with Crippen molar-refractivity contribution in [3.63, 3.8) is 0 Å². The third-order valence-electron chi connectivity index (χ3n) is 9.14. The summed E-state index contributed by atoms with van der Waals surface area (Å²) >= 11 is 0. The van der Waals surface area contributed by atoms with Crippen LogP contribution in [-0.2, 0) is 4.74 Å². The fraction of sp³-hybridized carbons (Fsp3) is 0.800. The lowest BCUT2D eigenvalue weighted by Crippen LogP contribution is -2.47. The molecule has 0 aromatic carbocycles. The lowest BCUT2D eigenvalue weighted by atomic mass is 9.60. The standard InChI is InChI=1S/C30H50O4/c1-21(2)9-6-10-22(3)26-14-15-27-24(11-7-16-29(26,27)5)12-13-25-20-30(32,33)28(19-23(25)4)34-18-8-17-31/h12-13,21-22,26-28,31-33H,4,6-11,14-20H2,1-3,5H3/t22-,26-,27+,28+,29-/m1/s1. The van der Waals surface area contributed by atoms with Crippen LogP contribution >= 0.6 is 0 Å². The van der Waals surface area contributed by atoms with Gasteiger partial charge < -0.3 is 20.1 Å². The molecule has 0 saturated heterocycles. The van der Waals surface area contributed by atoms with Crippen LogP contribution in [-0.4, -0.2) is 40.4 Å². The van der Waals surface area contributed by atoms with E-state index in [2.05, 4.69) is 46.4 Å². The molecule has 4 nitrogen and oxygen atoms in total. The maximum absolute atomic E-state index is 10.6. The van der Waals surface area contributed by atoms with Crippen molar-refractivity contribution < 1.29 is 20.1 Å². The molecule has 3 fully saturated rings. The zero-order valence-corrected chi connectivity index (χ0v) is 22.2. The van der Waals surface area contributed by atoms with Gasteiger partial charge in [0.25, 0.3) is 0 Å². The van der Waals surface area contributed by atoms with Gasteiger partial charge in [-0.15, -0.1) is 0 Å². The SMILES string of the molecule is C=C1C[C@H](OCCCO)C(O)(O)CC1=CC=C1CCC[C@]2(C)[C@@H]([C@H](C)CCCC(C)C)CC[C@@H]12. The van der Waals surface area contributed by atoms with Crippen LogP contribution in [0.25, 0.3) is 0 Å². The van der Waals surface area contributed by atoms with Gasteiger partial charge in [-0.3, -0.25) is 0 Å². The lowest BCUT2D eigenvalue weighted by molar-refractivity contribution is -0.241. The second kappa shape index (κ2) is 11.9. The average Bonchev–Trinajstić information content (AvgIpc) is 3.12. The summed E-state index contributed by atoms with van der Waals surface area (Å²) in [5.74, 6) is 1.15. The van der Waals surface area contributed by atoms with Crippen molar-refractivity contribution >= 4 is 0 Å². The van der Waals surface area contributed by atoms with E-state index in [1.807, 2.05) is 0 Å². The Labute approximate surface area is 208 Å². The molecule has 0 unspecified atom stereocenters. The van der Waals surface area contributed by atoms with Gasteiger partial charge in [-0.05, 0) is 78.8 Å². The van der Waals surface area contributed by atoms with Crippen LogP contribution in [0.4, 0.5) is 0 Å². The number of rotatable bonds is 10. The Balaban J connectivity index is 1.68. The van der Waals surface area contributed by atoms with Crippen LogP contribution in [0, 0.1) is 29.1 Å². The zero-order chi connectivity index (χ0) is 24.9. The van der Waals surface area contributed by atoms with Crippen LogP contribution in [0.3, 0.4) is 0 Å². The minimum atomic E-state index is -1.90. The molecule has 0 aliphatic heterocycles. The number of fused-ring (bicyclic) bond motifs is 1. The third-order valence-corrected chi connectivity index (χ3v) is 9.14. The second-order valence-corrected chi connectivity index (χ2v) is 12.1. The summed E-state index contributed by atoms with van der Waals surface area (Å²) in [6.07, 6.45) is 15.1. The van der Waals surface area contributed by atoms with E-state index in [9.17, 15) is 10.2 Å². The van der Waals surface area contributed by atoms with Crippen LogP contribution in [0.1, 0.15) is 98.3 Å².